The fourth-order valence-electron chi connectivity index (χ4n) is 4.30. The molecule has 9 heteroatoms. The van der Waals surface area contributed by atoms with Gasteiger partial charge in [0.2, 0.25) is 5.91 Å². The van der Waals surface area contributed by atoms with Gasteiger partial charge >= 0.3 is 0 Å². The number of carbonyl (C=O) groups excluding carboxylic acids is 2. The van der Waals surface area contributed by atoms with Crippen LogP contribution in [0.15, 0.2) is 82.9 Å². The molecule has 3 aromatic rings. The summed E-state index contributed by atoms with van der Waals surface area (Å²) in [5.74, 6) is -0.216. The van der Waals surface area contributed by atoms with Crippen LogP contribution in [0.4, 0.5) is 10.1 Å². The number of ether oxygens (including phenoxy) is 1. The summed E-state index contributed by atoms with van der Waals surface area (Å²) in [6.07, 6.45) is 0.540. The number of carbonyl (C=O) groups is 2. The predicted octanol–water partition coefficient (Wildman–Crippen LogP) is 5.32. The van der Waals surface area contributed by atoms with Gasteiger partial charge in [0, 0.05) is 18.5 Å². The Labute approximate surface area is 218 Å². The molecular formula is C28H25FN4O3S. The molecule has 1 N–H and O–H groups in total. The third-order valence-electron chi connectivity index (χ3n) is 6.19. The SMILES string of the molecule is COc1ccc(C2=NN(C3=NC(=O)C(CC(=O)Nc4cccc(C)c4)S3)C(c3ccc(F)cc3)C2)cc1. The molecule has 0 saturated carbocycles. The van der Waals surface area contributed by atoms with Crippen molar-refractivity contribution in [2.45, 2.75) is 31.1 Å². The number of halogens is 1. The fourth-order valence-corrected chi connectivity index (χ4v) is 5.36. The summed E-state index contributed by atoms with van der Waals surface area (Å²) in [7, 11) is 1.61. The first kappa shape index (κ1) is 24.7. The van der Waals surface area contributed by atoms with Gasteiger partial charge in [-0.1, -0.05) is 36.0 Å². The molecule has 37 heavy (non-hydrogen) atoms. The number of hydrogen-bond acceptors (Lipinski definition) is 6. The van der Waals surface area contributed by atoms with Crippen molar-refractivity contribution in [3.05, 3.63) is 95.3 Å². The van der Waals surface area contributed by atoms with Crippen molar-refractivity contribution in [3.8, 4) is 5.75 Å². The van der Waals surface area contributed by atoms with E-state index in [-0.39, 0.29) is 30.1 Å². The van der Waals surface area contributed by atoms with Gasteiger partial charge in [0.15, 0.2) is 5.17 Å². The molecule has 0 bridgehead atoms. The number of nitrogens with one attached hydrogen (secondary N) is 1. The van der Waals surface area contributed by atoms with Crippen molar-refractivity contribution >= 4 is 40.1 Å². The van der Waals surface area contributed by atoms with Crippen LogP contribution in [0, 0.1) is 12.7 Å². The van der Waals surface area contributed by atoms with Gasteiger partial charge in [-0.2, -0.15) is 10.1 Å². The summed E-state index contributed by atoms with van der Waals surface area (Å²) >= 11 is 1.23. The van der Waals surface area contributed by atoms with Crippen molar-refractivity contribution in [2.75, 3.05) is 12.4 Å². The molecule has 0 spiro atoms. The first-order chi connectivity index (χ1) is 17.9. The van der Waals surface area contributed by atoms with Crippen LogP contribution in [-0.2, 0) is 9.59 Å². The molecular weight excluding hydrogens is 491 g/mol. The van der Waals surface area contributed by atoms with Crippen LogP contribution in [0.2, 0.25) is 0 Å². The molecule has 188 valence electrons. The maximum Gasteiger partial charge on any atom is 0.262 e. The Bertz CT molecular complexity index is 1390. The fraction of sp³-hybridized carbons (Fsp3) is 0.214. The average Bonchev–Trinajstić information content (AvgIpc) is 3.48. The normalized spacial score (nSPS) is 19.0. The second kappa shape index (κ2) is 10.6. The Balaban J connectivity index is 1.35. The molecule has 3 aromatic carbocycles. The largest absolute Gasteiger partial charge is 0.497 e. The number of hydrogen-bond donors (Lipinski definition) is 1. The van der Waals surface area contributed by atoms with Crippen LogP contribution in [0.25, 0.3) is 0 Å². The van der Waals surface area contributed by atoms with E-state index < -0.39 is 5.25 Å². The summed E-state index contributed by atoms with van der Waals surface area (Å²) in [5.41, 5.74) is 4.30. The lowest BCUT2D eigenvalue weighted by Crippen LogP contribution is -2.25. The summed E-state index contributed by atoms with van der Waals surface area (Å²) in [6.45, 7) is 1.94. The van der Waals surface area contributed by atoms with Gasteiger partial charge in [-0.05, 0) is 72.1 Å². The number of anilines is 1. The van der Waals surface area contributed by atoms with Gasteiger partial charge in [-0.3, -0.25) is 9.59 Å². The van der Waals surface area contributed by atoms with E-state index in [0.717, 1.165) is 28.2 Å². The minimum Gasteiger partial charge on any atom is -0.497 e. The Kier molecular flexibility index (Phi) is 7.05. The van der Waals surface area contributed by atoms with Gasteiger partial charge in [0.05, 0.1) is 18.9 Å². The number of nitrogens with zero attached hydrogens (tertiary/aromatic N) is 3. The molecule has 2 heterocycles. The van der Waals surface area contributed by atoms with E-state index in [1.165, 1.54) is 23.9 Å². The Hall–Kier alpha value is -3.98. The number of aliphatic imine (C=N–C) groups is 1. The van der Waals surface area contributed by atoms with Crippen LogP contribution in [-0.4, -0.2) is 40.1 Å². The number of amidine groups is 1. The lowest BCUT2D eigenvalue weighted by Gasteiger charge is -2.23. The number of aryl methyl sites for hydroxylation is 1. The first-order valence-electron chi connectivity index (χ1n) is 11.8. The highest BCUT2D eigenvalue weighted by molar-refractivity contribution is 8.15. The molecule has 2 aliphatic heterocycles. The molecule has 0 radical (unpaired) electrons. The van der Waals surface area contributed by atoms with Crippen molar-refractivity contribution in [3.63, 3.8) is 0 Å². The molecule has 7 nitrogen and oxygen atoms in total. The summed E-state index contributed by atoms with van der Waals surface area (Å²) in [6, 6.07) is 21.1. The summed E-state index contributed by atoms with van der Waals surface area (Å²) in [5, 5.41) is 9.16. The number of benzene rings is 3. The molecule has 0 saturated heterocycles. The molecule has 0 fully saturated rings. The molecule has 5 rings (SSSR count). The Morgan fingerprint density at radius 1 is 1.14 bits per heavy atom. The smallest absolute Gasteiger partial charge is 0.262 e. The molecule has 2 unspecified atom stereocenters. The lowest BCUT2D eigenvalue weighted by molar-refractivity contribution is -0.121. The van der Waals surface area contributed by atoms with Gasteiger partial charge in [-0.25, -0.2) is 9.40 Å². The topological polar surface area (TPSA) is 83.4 Å². The maximum atomic E-state index is 13.6. The Morgan fingerprint density at radius 2 is 1.89 bits per heavy atom. The van der Waals surface area contributed by atoms with Crippen LogP contribution in [0.1, 0.15) is 35.6 Å². The zero-order chi connectivity index (χ0) is 25.9. The number of amides is 2. The number of thioether (sulfide) groups is 1. The van der Waals surface area contributed by atoms with Crippen LogP contribution in [0.5, 0.6) is 5.75 Å². The zero-order valence-electron chi connectivity index (χ0n) is 20.3. The lowest BCUT2D eigenvalue weighted by atomic mass is 9.98. The van der Waals surface area contributed by atoms with E-state index in [0.29, 0.717) is 17.3 Å². The number of hydrazone groups is 1. The van der Waals surface area contributed by atoms with E-state index in [4.69, 9.17) is 9.84 Å². The van der Waals surface area contributed by atoms with Crippen LogP contribution >= 0.6 is 11.8 Å². The van der Waals surface area contributed by atoms with Gasteiger partial charge in [-0.15, -0.1) is 0 Å². The molecule has 0 aromatic heterocycles. The highest BCUT2D eigenvalue weighted by Gasteiger charge is 2.39. The van der Waals surface area contributed by atoms with Crippen molar-refractivity contribution in [2.24, 2.45) is 10.1 Å². The van der Waals surface area contributed by atoms with Crippen molar-refractivity contribution < 1.29 is 18.7 Å². The average molecular weight is 517 g/mol. The minimum atomic E-state index is -0.645. The second-order valence-corrected chi connectivity index (χ2v) is 10.0. The monoisotopic (exact) mass is 516 g/mol. The van der Waals surface area contributed by atoms with E-state index in [2.05, 4.69) is 10.3 Å². The van der Waals surface area contributed by atoms with Gasteiger partial charge < -0.3 is 10.1 Å². The number of methoxy groups -OCH3 is 1. The molecule has 0 aliphatic carbocycles. The quantitative estimate of drug-likeness (QED) is 0.480. The third kappa shape index (κ3) is 5.56. The van der Waals surface area contributed by atoms with Crippen LogP contribution < -0.4 is 10.1 Å². The highest BCUT2D eigenvalue weighted by atomic mass is 32.2. The van der Waals surface area contributed by atoms with E-state index in [9.17, 15) is 14.0 Å². The standard InChI is InChI=1S/C28H25FN4O3S/c1-17-4-3-5-21(14-17)30-26(34)16-25-27(35)31-28(37-25)33-24(19-6-10-20(29)11-7-19)15-23(32-33)18-8-12-22(36-2)13-9-18/h3-14,24-25H,15-16H2,1-2H3,(H,30,34). The van der Waals surface area contributed by atoms with Crippen LogP contribution in [0.3, 0.4) is 0 Å². The molecule has 2 amide bonds. The molecule has 2 aliphatic rings. The van der Waals surface area contributed by atoms with Gasteiger partial charge in [0.25, 0.3) is 5.91 Å². The Morgan fingerprint density at radius 3 is 2.59 bits per heavy atom. The maximum absolute atomic E-state index is 13.6. The van der Waals surface area contributed by atoms with Crippen molar-refractivity contribution in [1.29, 1.82) is 0 Å². The summed E-state index contributed by atoms with van der Waals surface area (Å²) in [4.78, 5) is 29.7. The van der Waals surface area contributed by atoms with E-state index in [1.54, 1.807) is 24.3 Å². The zero-order valence-corrected chi connectivity index (χ0v) is 21.2. The second-order valence-electron chi connectivity index (χ2n) is 8.85. The first-order valence-corrected chi connectivity index (χ1v) is 12.7. The third-order valence-corrected chi connectivity index (χ3v) is 7.33. The van der Waals surface area contributed by atoms with Gasteiger partial charge in [0.1, 0.15) is 16.8 Å². The molecule has 2 atom stereocenters. The predicted molar refractivity (Wildman–Crippen MR) is 143 cm³/mol. The summed E-state index contributed by atoms with van der Waals surface area (Å²) < 4.78 is 18.9. The number of rotatable bonds is 6. The van der Waals surface area contributed by atoms with E-state index >= 15 is 0 Å². The van der Waals surface area contributed by atoms with Crippen molar-refractivity contribution in [1.82, 2.24) is 5.01 Å². The minimum absolute atomic E-state index is 0.00541. The van der Waals surface area contributed by atoms with E-state index in [1.807, 2.05) is 55.5 Å². The highest BCUT2D eigenvalue weighted by Crippen LogP contribution is 2.38.